The second-order valence-electron chi connectivity index (χ2n) is 4.70. The lowest BCUT2D eigenvalue weighted by Crippen LogP contribution is -2.35. The number of carbonyl (C=O) groups excluding carboxylic acids is 2. The van der Waals surface area contributed by atoms with Crippen molar-refractivity contribution < 1.29 is 18.7 Å². The lowest BCUT2D eigenvalue weighted by Gasteiger charge is -2.14. The summed E-state index contributed by atoms with van der Waals surface area (Å²) in [4.78, 5) is 25.5. The Morgan fingerprint density at radius 1 is 1.40 bits per heavy atom. The molecule has 0 fully saturated rings. The van der Waals surface area contributed by atoms with Crippen LogP contribution < -0.4 is 4.90 Å². The van der Waals surface area contributed by atoms with Crippen LogP contribution in [0.4, 0.5) is 10.5 Å². The molecule has 20 heavy (non-hydrogen) atoms. The highest BCUT2D eigenvalue weighted by molar-refractivity contribution is 6.20. The quantitative estimate of drug-likeness (QED) is 0.841. The zero-order valence-electron chi connectivity index (χ0n) is 11.4. The third-order valence-electron chi connectivity index (χ3n) is 3.60. The third kappa shape index (κ3) is 1.70. The van der Waals surface area contributed by atoms with Crippen molar-refractivity contribution in [3.63, 3.8) is 0 Å². The Morgan fingerprint density at radius 3 is 2.90 bits per heavy atom. The van der Waals surface area contributed by atoms with Gasteiger partial charge < -0.3 is 9.15 Å². The average molecular weight is 273 g/mol. The molecule has 1 atom stereocenters. The Labute approximate surface area is 116 Å². The second kappa shape index (κ2) is 4.67. The predicted octanol–water partition coefficient (Wildman–Crippen LogP) is 3.43. The minimum atomic E-state index is -0.624. The first-order valence-corrected chi connectivity index (χ1v) is 6.69. The molecule has 1 aromatic carbocycles. The van der Waals surface area contributed by atoms with Crippen molar-refractivity contribution in [1.82, 2.24) is 0 Å². The van der Waals surface area contributed by atoms with Gasteiger partial charge in [-0.3, -0.25) is 4.79 Å². The molecule has 2 amide bonds. The molecule has 0 radical (unpaired) electrons. The van der Waals surface area contributed by atoms with Crippen LogP contribution in [0.3, 0.4) is 0 Å². The van der Waals surface area contributed by atoms with Gasteiger partial charge >= 0.3 is 6.09 Å². The van der Waals surface area contributed by atoms with E-state index in [0.29, 0.717) is 17.7 Å². The molecule has 0 bridgehead atoms. The number of hydrogen-bond acceptors (Lipinski definition) is 4. The lowest BCUT2D eigenvalue weighted by atomic mass is 9.97. The van der Waals surface area contributed by atoms with Crippen LogP contribution >= 0.6 is 0 Å². The fourth-order valence-electron chi connectivity index (χ4n) is 2.67. The Kier molecular flexibility index (Phi) is 2.97. The van der Waals surface area contributed by atoms with E-state index in [-0.39, 0.29) is 18.4 Å². The largest absolute Gasteiger partial charge is 0.464 e. The molecule has 0 saturated carbocycles. The molecule has 5 heteroatoms. The standard InChI is InChI=1S/C15H15NO4/c1-3-10-11-7-9-5-6-20-13(9)8-12(11)16(14(10)17)15(18)19-4-2/h5-8,10H,3-4H2,1-2H3. The summed E-state index contributed by atoms with van der Waals surface area (Å²) >= 11 is 0. The van der Waals surface area contributed by atoms with E-state index in [9.17, 15) is 9.59 Å². The van der Waals surface area contributed by atoms with E-state index in [1.54, 1.807) is 19.3 Å². The zero-order valence-corrected chi connectivity index (χ0v) is 11.4. The van der Waals surface area contributed by atoms with Gasteiger partial charge in [0.25, 0.3) is 0 Å². The Bertz CT molecular complexity index is 688. The number of amides is 2. The molecule has 0 N–H and O–H groups in total. The number of hydrogen-bond donors (Lipinski definition) is 0. The van der Waals surface area contributed by atoms with Gasteiger partial charge in [0.15, 0.2) is 0 Å². The lowest BCUT2D eigenvalue weighted by molar-refractivity contribution is -0.118. The molecule has 0 aliphatic carbocycles. The van der Waals surface area contributed by atoms with E-state index in [1.165, 1.54) is 0 Å². The van der Waals surface area contributed by atoms with Gasteiger partial charge in [-0.15, -0.1) is 0 Å². The first-order valence-electron chi connectivity index (χ1n) is 6.69. The van der Waals surface area contributed by atoms with E-state index in [1.807, 2.05) is 19.1 Å². The first kappa shape index (κ1) is 12.7. The second-order valence-corrected chi connectivity index (χ2v) is 4.70. The first-order chi connectivity index (χ1) is 9.67. The molecule has 2 heterocycles. The number of fused-ring (bicyclic) bond motifs is 2. The van der Waals surface area contributed by atoms with Gasteiger partial charge in [-0.2, -0.15) is 0 Å². The molecule has 1 aromatic heterocycles. The van der Waals surface area contributed by atoms with Gasteiger partial charge in [-0.05, 0) is 31.0 Å². The van der Waals surface area contributed by atoms with Crippen molar-refractivity contribution >= 4 is 28.7 Å². The summed E-state index contributed by atoms with van der Waals surface area (Å²) in [5, 5.41) is 0.931. The summed E-state index contributed by atoms with van der Waals surface area (Å²) in [5.41, 5.74) is 2.09. The summed E-state index contributed by atoms with van der Waals surface area (Å²) in [6.07, 6.45) is 1.61. The molecule has 1 aliphatic heterocycles. The van der Waals surface area contributed by atoms with E-state index >= 15 is 0 Å². The maximum atomic E-state index is 12.4. The van der Waals surface area contributed by atoms with Gasteiger partial charge in [0.05, 0.1) is 24.5 Å². The molecular weight excluding hydrogens is 258 g/mol. The average Bonchev–Trinajstić information content (AvgIpc) is 2.97. The monoisotopic (exact) mass is 273 g/mol. The number of ether oxygens (including phenoxy) is 1. The van der Waals surface area contributed by atoms with Crippen LogP contribution in [0.25, 0.3) is 11.0 Å². The van der Waals surface area contributed by atoms with Crippen LogP contribution in [0.1, 0.15) is 31.7 Å². The smallest absolute Gasteiger partial charge is 0.421 e. The molecule has 104 valence electrons. The van der Waals surface area contributed by atoms with Gasteiger partial charge in [-0.25, -0.2) is 9.69 Å². The van der Waals surface area contributed by atoms with Crippen molar-refractivity contribution in [1.29, 1.82) is 0 Å². The molecule has 1 aliphatic rings. The molecule has 5 nitrogen and oxygen atoms in total. The predicted molar refractivity (Wildman–Crippen MR) is 73.8 cm³/mol. The van der Waals surface area contributed by atoms with Crippen molar-refractivity contribution in [2.75, 3.05) is 11.5 Å². The van der Waals surface area contributed by atoms with Crippen molar-refractivity contribution in [3.05, 3.63) is 30.0 Å². The van der Waals surface area contributed by atoms with Crippen molar-refractivity contribution in [2.24, 2.45) is 0 Å². The maximum absolute atomic E-state index is 12.4. The Balaban J connectivity index is 2.16. The summed E-state index contributed by atoms with van der Waals surface area (Å²) in [6, 6.07) is 5.49. The summed E-state index contributed by atoms with van der Waals surface area (Å²) in [6.45, 7) is 3.88. The van der Waals surface area contributed by atoms with E-state index < -0.39 is 6.09 Å². The minimum Gasteiger partial charge on any atom is -0.464 e. The normalized spacial score (nSPS) is 17.6. The van der Waals surface area contributed by atoms with Gasteiger partial charge in [0, 0.05) is 11.5 Å². The summed E-state index contributed by atoms with van der Waals surface area (Å²) < 4.78 is 10.3. The number of benzene rings is 1. The van der Waals surface area contributed by atoms with Crippen LogP contribution in [0.15, 0.2) is 28.9 Å². The van der Waals surface area contributed by atoms with E-state index in [0.717, 1.165) is 15.8 Å². The van der Waals surface area contributed by atoms with Gasteiger partial charge in [0.2, 0.25) is 5.91 Å². The van der Waals surface area contributed by atoms with Crippen LogP contribution in [0, 0.1) is 0 Å². The molecule has 2 aromatic rings. The number of imide groups is 1. The number of rotatable bonds is 2. The van der Waals surface area contributed by atoms with Crippen LogP contribution in [-0.2, 0) is 9.53 Å². The number of nitrogens with zero attached hydrogens (tertiary/aromatic N) is 1. The van der Waals surface area contributed by atoms with Crippen LogP contribution in [0.2, 0.25) is 0 Å². The molecule has 1 unspecified atom stereocenters. The molecule has 3 rings (SSSR count). The fraction of sp³-hybridized carbons (Fsp3) is 0.333. The van der Waals surface area contributed by atoms with Crippen LogP contribution in [-0.4, -0.2) is 18.6 Å². The topological polar surface area (TPSA) is 59.8 Å². The van der Waals surface area contributed by atoms with Crippen LogP contribution in [0.5, 0.6) is 0 Å². The Hall–Kier alpha value is -2.30. The highest BCUT2D eigenvalue weighted by Crippen LogP contribution is 2.42. The third-order valence-corrected chi connectivity index (χ3v) is 3.60. The number of anilines is 1. The van der Waals surface area contributed by atoms with Gasteiger partial charge in [-0.1, -0.05) is 6.92 Å². The van der Waals surface area contributed by atoms with Gasteiger partial charge in [0.1, 0.15) is 5.58 Å². The highest BCUT2D eigenvalue weighted by Gasteiger charge is 2.41. The summed E-state index contributed by atoms with van der Waals surface area (Å²) in [7, 11) is 0. The molecule has 0 saturated heterocycles. The Morgan fingerprint density at radius 2 is 2.20 bits per heavy atom. The number of furan rings is 1. The summed E-state index contributed by atoms with van der Waals surface area (Å²) in [5.74, 6) is -0.526. The van der Waals surface area contributed by atoms with Crippen molar-refractivity contribution in [3.8, 4) is 0 Å². The van der Waals surface area contributed by atoms with E-state index in [4.69, 9.17) is 9.15 Å². The highest BCUT2D eigenvalue weighted by atomic mass is 16.6. The van der Waals surface area contributed by atoms with E-state index in [2.05, 4.69) is 0 Å². The molecular formula is C15H15NO4. The maximum Gasteiger partial charge on any atom is 0.421 e. The number of carbonyl (C=O) groups is 2. The zero-order chi connectivity index (χ0) is 14.3. The minimum absolute atomic E-state index is 0.228. The van der Waals surface area contributed by atoms with Crippen molar-refractivity contribution in [2.45, 2.75) is 26.2 Å². The SMILES string of the molecule is CCOC(=O)N1C(=O)C(CC)c2cc3ccoc3cc21. The molecule has 0 spiro atoms. The fourth-order valence-corrected chi connectivity index (χ4v) is 2.67.